The van der Waals surface area contributed by atoms with Crippen LogP contribution in [0.1, 0.15) is 37.2 Å². The fourth-order valence-electron chi connectivity index (χ4n) is 2.14. The van der Waals surface area contributed by atoms with Gasteiger partial charge in [-0.2, -0.15) is 0 Å². The van der Waals surface area contributed by atoms with E-state index in [1.54, 1.807) is 0 Å². The van der Waals surface area contributed by atoms with Gasteiger partial charge in [0, 0.05) is 17.5 Å². The Balaban J connectivity index is 2.53. The number of nitrogens with two attached hydrogens (primary N) is 1. The lowest BCUT2D eigenvalue weighted by atomic mass is 10.0. The minimum Gasteiger partial charge on any atom is -0.383 e. The van der Waals surface area contributed by atoms with Gasteiger partial charge in [-0.1, -0.05) is 32.0 Å². The third-order valence-corrected chi connectivity index (χ3v) is 3.31. The van der Waals surface area contributed by atoms with E-state index in [0.717, 1.165) is 41.9 Å². The number of benzene rings is 1. The first-order valence-electron chi connectivity index (χ1n) is 6.88. The van der Waals surface area contributed by atoms with Gasteiger partial charge in [-0.3, -0.25) is 0 Å². The van der Waals surface area contributed by atoms with Gasteiger partial charge in [0.05, 0.1) is 5.69 Å². The van der Waals surface area contributed by atoms with E-state index in [1.165, 1.54) is 5.56 Å². The first-order valence-corrected chi connectivity index (χ1v) is 6.88. The van der Waals surface area contributed by atoms with Crippen molar-refractivity contribution in [1.29, 1.82) is 0 Å². The Kier molecular flexibility index (Phi) is 4.15. The summed E-state index contributed by atoms with van der Waals surface area (Å²) in [5.74, 6) is 1.43. The van der Waals surface area contributed by atoms with Gasteiger partial charge in [-0.25, -0.2) is 9.97 Å². The molecular formula is C16H21N3. The first-order chi connectivity index (χ1) is 9.15. The predicted octanol–water partition coefficient (Wildman–Crippen LogP) is 3.55. The molecule has 1 heterocycles. The maximum Gasteiger partial charge on any atom is 0.131 e. The van der Waals surface area contributed by atoms with E-state index in [9.17, 15) is 0 Å². The lowest BCUT2D eigenvalue weighted by Gasteiger charge is -2.10. The van der Waals surface area contributed by atoms with Gasteiger partial charge in [0.1, 0.15) is 11.6 Å². The highest BCUT2D eigenvalue weighted by atomic mass is 15.0. The van der Waals surface area contributed by atoms with Crippen molar-refractivity contribution in [2.75, 3.05) is 5.73 Å². The molecule has 2 rings (SSSR count). The second-order valence-corrected chi connectivity index (χ2v) is 4.80. The van der Waals surface area contributed by atoms with Crippen LogP contribution in [0.5, 0.6) is 0 Å². The monoisotopic (exact) mass is 255 g/mol. The molecule has 0 saturated heterocycles. The molecule has 0 saturated carbocycles. The van der Waals surface area contributed by atoms with Crippen molar-refractivity contribution in [3.63, 3.8) is 0 Å². The number of rotatable bonds is 4. The Bertz CT molecular complexity index is 576. The molecule has 0 fully saturated rings. The zero-order chi connectivity index (χ0) is 13.8. The van der Waals surface area contributed by atoms with Crippen LogP contribution in [0, 0.1) is 6.92 Å². The van der Waals surface area contributed by atoms with E-state index < -0.39 is 0 Å². The standard InChI is InChI=1S/C16H21N3/c1-4-7-14-18-15(11(3)16(17)19-14)13-9-6-8-12(5-2)10-13/h6,8-10H,4-5,7H2,1-3H3,(H2,17,18,19). The van der Waals surface area contributed by atoms with Gasteiger partial charge in [0.15, 0.2) is 0 Å². The topological polar surface area (TPSA) is 51.8 Å². The van der Waals surface area contributed by atoms with Crippen molar-refractivity contribution in [2.24, 2.45) is 0 Å². The van der Waals surface area contributed by atoms with E-state index in [4.69, 9.17) is 5.73 Å². The second-order valence-electron chi connectivity index (χ2n) is 4.80. The minimum absolute atomic E-state index is 0.593. The molecule has 2 aromatic rings. The third kappa shape index (κ3) is 2.92. The molecule has 0 aliphatic carbocycles. The van der Waals surface area contributed by atoms with Crippen LogP contribution < -0.4 is 5.73 Å². The number of anilines is 1. The number of nitrogen functional groups attached to an aromatic ring is 1. The van der Waals surface area contributed by atoms with E-state index >= 15 is 0 Å². The number of nitrogens with zero attached hydrogens (tertiary/aromatic N) is 2. The van der Waals surface area contributed by atoms with Crippen LogP contribution in [0.25, 0.3) is 11.3 Å². The molecule has 0 spiro atoms. The highest BCUT2D eigenvalue weighted by Gasteiger charge is 2.10. The summed E-state index contributed by atoms with van der Waals surface area (Å²) in [5.41, 5.74) is 10.4. The summed E-state index contributed by atoms with van der Waals surface area (Å²) in [6.45, 7) is 6.26. The molecule has 100 valence electrons. The van der Waals surface area contributed by atoms with Crippen molar-refractivity contribution < 1.29 is 0 Å². The van der Waals surface area contributed by atoms with E-state index in [2.05, 4.69) is 48.1 Å². The number of hydrogen-bond acceptors (Lipinski definition) is 3. The highest BCUT2D eigenvalue weighted by Crippen LogP contribution is 2.25. The quantitative estimate of drug-likeness (QED) is 0.909. The molecular weight excluding hydrogens is 234 g/mol. The number of hydrogen-bond donors (Lipinski definition) is 1. The lowest BCUT2D eigenvalue weighted by Crippen LogP contribution is -2.05. The largest absolute Gasteiger partial charge is 0.383 e. The molecule has 2 N–H and O–H groups in total. The molecule has 0 atom stereocenters. The van der Waals surface area contributed by atoms with Crippen LogP contribution in [0.15, 0.2) is 24.3 Å². The number of aryl methyl sites for hydroxylation is 2. The van der Waals surface area contributed by atoms with Crippen molar-refractivity contribution in [3.8, 4) is 11.3 Å². The molecule has 0 radical (unpaired) electrons. The van der Waals surface area contributed by atoms with Gasteiger partial charge in [0.2, 0.25) is 0 Å². The van der Waals surface area contributed by atoms with Crippen molar-refractivity contribution >= 4 is 5.82 Å². The molecule has 0 bridgehead atoms. The third-order valence-electron chi connectivity index (χ3n) is 3.31. The number of aromatic nitrogens is 2. The van der Waals surface area contributed by atoms with Crippen molar-refractivity contribution in [2.45, 2.75) is 40.0 Å². The molecule has 19 heavy (non-hydrogen) atoms. The summed E-state index contributed by atoms with van der Waals surface area (Å²) in [6.07, 6.45) is 2.91. The minimum atomic E-state index is 0.593. The molecule has 0 unspecified atom stereocenters. The summed E-state index contributed by atoms with van der Waals surface area (Å²) in [6, 6.07) is 8.48. The van der Waals surface area contributed by atoms with Crippen LogP contribution >= 0.6 is 0 Å². The molecule has 0 amide bonds. The molecule has 1 aromatic carbocycles. The Hall–Kier alpha value is -1.90. The summed E-state index contributed by atoms with van der Waals surface area (Å²) in [7, 11) is 0. The predicted molar refractivity (Wildman–Crippen MR) is 80.0 cm³/mol. The van der Waals surface area contributed by atoms with Crippen LogP contribution in [0.4, 0.5) is 5.82 Å². The zero-order valence-electron chi connectivity index (χ0n) is 11.9. The van der Waals surface area contributed by atoms with E-state index in [0.29, 0.717) is 5.82 Å². The smallest absolute Gasteiger partial charge is 0.131 e. The highest BCUT2D eigenvalue weighted by molar-refractivity contribution is 5.67. The van der Waals surface area contributed by atoms with Gasteiger partial charge in [-0.05, 0) is 31.4 Å². The van der Waals surface area contributed by atoms with Gasteiger partial charge in [0.25, 0.3) is 0 Å². The van der Waals surface area contributed by atoms with Gasteiger partial charge < -0.3 is 5.73 Å². The summed E-state index contributed by atoms with van der Waals surface area (Å²) in [5, 5.41) is 0. The van der Waals surface area contributed by atoms with E-state index in [-0.39, 0.29) is 0 Å². The van der Waals surface area contributed by atoms with Crippen LogP contribution in [-0.4, -0.2) is 9.97 Å². The Morgan fingerprint density at radius 1 is 1.16 bits per heavy atom. The van der Waals surface area contributed by atoms with Gasteiger partial charge >= 0.3 is 0 Å². The van der Waals surface area contributed by atoms with E-state index in [1.807, 2.05) is 6.92 Å². The summed E-state index contributed by atoms with van der Waals surface area (Å²) in [4.78, 5) is 9.04. The molecule has 3 heteroatoms. The average Bonchev–Trinajstić information content (AvgIpc) is 2.43. The first kappa shape index (κ1) is 13.5. The summed E-state index contributed by atoms with van der Waals surface area (Å²) >= 11 is 0. The fourth-order valence-corrected chi connectivity index (χ4v) is 2.14. The Morgan fingerprint density at radius 2 is 1.95 bits per heavy atom. The molecule has 1 aromatic heterocycles. The Morgan fingerprint density at radius 3 is 2.63 bits per heavy atom. The second kappa shape index (κ2) is 5.83. The fraction of sp³-hybridized carbons (Fsp3) is 0.375. The Labute approximate surface area is 114 Å². The molecule has 0 aliphatic rings. The molecule has 0 aliphatic heterocycles. The average molecular weight is 255 g/mol. The maximum atomic E-state index is 6.01. The van der Waals surface area contributed by atoms with Crippen molar-refractivity contribution in [1.82, 2.24) is 9.97 Å². The van der Waals surface area contributed by atoms with Crippen LogP contribution in [-0.2, 0) is 12.8 Å². The van der Waals surface area contributed by atoms with Gasteiger partial charge in [-0.15, -0.1) is 0 Å². The van der Waals surface area contributed by atoms with Crippen LogP contribution in [0.2, 0.25) is 0 Å². The lowest BCUT2D eigenvalue weighted by molar-refractivity contribution is 0.836. The normalized spacial score (nSPS) is 10.7. The SMILES string of the molecule is CCCc1nc(N)c(C)c(-c2cccc(CC)c2)n1. The zero-order valence-corrected chi connectivity index (χ0v) is 11.9. The summed E-state index contributed by atoms with van der Waals surface area (Å²) < 4.78 is 0. The molecule has 3 nitrogen and oxygen atoms in total. The van der Waals surface area contributed by atoms with Crippen molar-refractivity contribution in [3.05, 3.63) is 41.2 Å². The maximum absolute atomic E-state index is 6.01. The van der Waals surface area contributed by atoms with Crippen LogP contribution in [0.3, 0.4) is 0 Å².